The molecule has 1 atom stereocenters. The molecule has 21 heavy (non-hydrogen) atoms. The van der Waals surface area contributed by atoms with Crippen LogP contribution in [0.1, 0.15) is 32.3 Å². The summed E-state index contributed by atoms with van der Waals surface area (Å²) in [5.74, 6) is 0.222. The highest BCUT2D eigenvalue weighted by molar-refractivity contribution is 5.66. The Kier molecular flexibility index (Phi) is 3.30. The van der Waals surface area contributed by atoms with Gasteiger partial charge < -0.3 is 15.3 Å². The van der Waals surface area contributed by atoms with E-state index in [1.54, 1.807) is 6.07 Å². The van der Waals surface area contributed by atoms with E-state index < -0.39 is 6.09 Å². The lowest BCUT2D eigenvalue weighted by Crippen LogP contribution is -2.45. The Labute approximate surface area is 124 Å². The number of nitrogens with one attached hydrogen (secondary N) is 1. The van der Waals surface area contributed by atoms with Gasteiger partial charge in [0, 0.05) is 24.2 Å². The Balaban J connectivity index is 1.82. The first-order valence-electron chi connectivity index (χ1n) is 7.41. The zero-order valence-corrected chi connectivity index (χ0v) is 12.4. The van der Waals surface area contributed by atoms with Crippen LogP contribution in [0.3, 0.4) is 0 Å². The van der Waals surface area contributed by atoms with Crippen LogP contribution in [-0.2, 0) is 5.41 Å². The molecule has 2 aliphatic rings. The molecular formula is C16H21FN2O2. The smallest absolute Gasteiger partial charge is 0.404 e. The molecule has 0 saturated heterocycles. The second kappa shape index (κ2) is 4.90. The van der Waals surface area contributed by atoms with Gasteiger partial charge in [0.05, 0.1) is 6.04 Å². The summed E-state index contributed by atoms with van der Waals surface area (Å²) in [5, 5.41) is 11.6. The molecule has 0 spiro atoms. The first-order chi connectivity index (χ1) is 9.87. The molecule has 4 nitrogen and oxygen atoms in total. The number of benzene rings is 1. The van der Waals surface area contributed by atoms with Crippen molar-refractivity contribution >= 4 is 11.8 Å². The minimum absolute atomic E-state index is 0.0469. The number of rotatable bonds is 4. The van der Waals surface area contributed by atoms with E-state index in [-0.39, 0.29) is 17.3 Å². The van der Waals surface area contributed by atoms with Crippen molar-refractivity contribution in [1.29, 1.82) is 0 Å². The lowest BCUT2D eigenvalue weighted by atomic mass is 9.87. The zero-order valence-electron chi connectivity index (χ0n) is 12.4. The summed E-state index contributed by atoms with van der Waals surface area (Å²) in [6, 6.07) is 4.84. The Bertz CT molecular complexity index is 569. The van der Waals surface area contributed by atoms with E-state index in [2.05, 4.69) is 24.1 Å². The molecule has 1 unspecified atom stereocenters. The van der Waals surface area contributed by atoms with Crippen molar-refractivity contribution in [3.63, 3.8) is 0 Å². The van der Waals surface area contributed by atoms with Crippen molar-refractivity contribution in [3.8, 4) is 0 Å². The number of halogens is 1. The fourth-order valence-electron chi connectivity index (χ4n) is 3.34. The van der Waals surface area contributed by atoms with Crippen LogP contribution in [0.15, 0.2) is 18.2 Å². The Hall–Kier alpha value is -1.78. The molecule has 0 bridgehead atoms. The third kappa shape index (κ3) is 2.82. The number of fused-ring (bicyclic) bond motifs is 1. The number of carboxylic acid groups (broad SMARTS) is 1. The molecule has 1 aliphatic heterocycles. The monoisotopic (exact) mass is 292 g/mol. The average Bonchev–Trinajstić information content (AvgIpc) is 3.17. The maximum absolute atomic E-state index is 13.5. The van der Waals surface area contributed by atoms with Crippen molar-refractivity contribution in [1.82, 2.24) is 5.32 Å². The minimum Gasteiger partial charge on any atom is -0.465 e. The third-order valence-corrected chi connectivity index (χ3v) is 4.53. The topological polar surface area (TPSA) is 52.6 Å². The second-order valence-electron chi connectivity index (χ2n) is 6.82. The molecule has 1 aromatic carbocycles. The molecule has 3 rings (SSSR count). The SMILES string of the molecule is CC1(C)CN(CC(NC(=O)O)C2CC2)c2ccc(F)cc21. The number of hydrogen-bond donors (Lipinski definition) is 2. The van der Waals surface area contributed by atoms with Gasteiger partial charge in [0.1, 0.15) is 5.82 Å². The van der Waals surface area contributed by atoms with Gasteiger partial charge in [-0.1, -0.05) is 13.8 Å². The summed E-state index contributed by atoms with van der Waals surface area (Å²) in [7, 11) is 0. The standard InChI is InChI=1S/C16H21FN2O2/c1-16(2)9-19(14-6-5-11(17)7-12(14)16)8-13(10-3-4-10)18-15(20)21/h5-7,10,13,18H,3-4,8-9H2,1-2H3,(H,20,21). The third-order valence-electron chi connectivity index (χ3n) is 4.53. The van der Waals surface area contributed by atoms with Crippen LogP contribution in [0.5, 0.6) is 0 Å². The summed E-state index contributed by atoms with van der Waals surface area (Å²) in [5.41, 5.74) is 1.92. The van der Waals surface area contributed by atoms with Gasteiger partial charge in [-0.15, -0.1) is 0 Å². The Morgan fingerprint density at radius 3 is 2.86 bits per heavy atom. The summed E-state index contributed by atoms with van der Waals surface area (Å²) < 4.78 is 13.5. The van der Waals surface area contributed by atoms with Gasteiger partial charge in [-0.25, -0.2) is 9.18 Å². The van der Waals surface area contributed by atoms with Gasteiger partial charge >= 0.3 is 6.09 Å². The molecular weight excluding hydrogens is 271 g/mol. The van der Waals surface area contributed by atoms with Crippen LogP contribution in [0, 0.1) is 11.7 Å². The summed E-state index contributed by atoms with van der Waals surface area (Å²) >= 11 is 0. The quantitative estimate of drug-likeness (QED) is 0.897. The lowest BCUT2D eigenvalue weighted by Gasteiger charge is -2.27. The van der Waals surface area contributed by atoms with E-state index in [0.717, 1.165) is 30.6 Å². The van der Waals surface area contributed by atoms with E-state index in [1.807, 2.05) is 6.07 Å². The molecule has 5 heteroatoms. The van der Waals surface area contributed by atoms with Crippen LogP contribution in [0.4, 0.5) is 14.9 Å². The second-order valence-corrected chi connectivity index (χ2v) is 6.82. The van der Waals surface area contributed by atoms with E-state index >= 15 is 0 Å². The maximum atomic E-state index is 13.5. The maximum Gasteiger partial charge on any atom is 0.404 e. The van der Waals surface area contributed by atoms with Crippen molar-refractivity contribution in [2.45, 2.75) is 38.1 Å². The number of anilines is 1. The molecule has 1 saturated carbocycles. The molecule has 0 radical (unpaired) electrons. The number of nitrogens with zero attached hydrogens (tertiary/aromatic N) is 1. The normalized spacial score (nSPS) is 21.0. The van der Waals surface area contributed by atoms with Crippen molar-refractivity contribution in [3.05, 3.63) is 29.6 Å². The molecule has 1 heterocycles. The zero-order chi connectivity index (χ0) is 15.2. The summed E-state index contributed by atoms with van der Waals surface area (Å²) in [6.07, 6.45) is 1.20. The summed E-state index contributed by atoms with van der Waals surface area (Å²) in [6.45, 7) is 5.64. The molecule has 1 amide bonds. The fourth-order valence-corrected chi connectivity index (χ4v) is 3.34. The van der Waals surface area contributed by atoms with E-state index in [4.69, 9.17) is 5.11 Å². The Morgan fingerprint density at radius 2 is 2.24 bits per heavy atom. The molecule has 114 valence electrons. The number of carbonyl (C=O) groups is 1. The predicted molar refractivity (Wildman–Crippen MR) is 79.3 cm³/mol. The van der Waals surface area contributed by atoms with E-state index in [9.17, 15) is 9.18 Å². The van der Waals surface area contributed by atoms with Gasteiger partial charge in [0.15, 0.2) is 0 Å². The number of amides is 1. The van der Waals surface area contributed by atoms with Gasteiger partial charge in [0.2, 0.25) is 0 Å². The van der Waals surface area contributed by atoms with E-state index in [0.29, 0.717) is 12.5 Å². The highest BCUT2D eigenvalue weighted by atomic mass is 19.1. The minimum atomic E-state index is -0.968. The lowest BCUT2D eigenvalue weighted by molar-refractivity contribution is 0.188. The highest BCUT2D eigenvalue weighted by Crippen LogP contribution is 2.42. The van der Waals surface area contributed by atoms with Crippen molar-refractivity contribution < 1.29 is 14.3 Å². The van der Waals surface area contributed by atoms with Crippen LogP contribution >= 0.6 is 0 Å². The molecule has 2 N–H and O–H groups in total. The molecule has 0 aromatic heterocycles. The van der Waals surface area contributed by atoms with Gasteiger partial charge in [-0.2, -0.15) is 0 Å². The van der Waals surface area contributed by atoms with Crippen LogP contribution < -0.4 is 10.2 Å². The van der Waals surface area contributed by atoms with Crippen molar-refractivity contribution in [2.75, 3.05) is 18.0 Å². The molecule has 1 fully saturated rings. The van der Waals surface area contributed by atoms with E-state index in [1.165, 1.54) is 6.07 Å². The first-order valence-corrected chi connectivity index (χ1v) is 7.41. The van der Waals surface area contributed by atoms with Crippen LogP contribution in [0.25, 0.3) is 0 Å². The predicted octanol–water partition coefficient (Wildman–Crippen LogP) is 2.97. The molecule has 1 aromatic rings. The van der Waals surface area contributed by atoms with Gasteiger partial charge in [-0.05, 0) is 42.5 Å². The van der Waals surface area contributed by atoms with Crippen LogP contribution in [-0.4, -0.2) is 30.3 Å². The molecule has 1 aliphatic carbocycles. The van der Waals surface area contributed by atoms with Gasteiger partial charge in [-0.3, -0.25) is 0 Å². The fraction of sp³-hybridized carbons (Fsp3) is 0.562. The first kappa shape index (κ1) is 14.2. The van der Waals surface area contributed by atoms with Crippen molar-refractivity contribution in [2.24, 2.45) is 5.92 Å². The highest BCUT2D eigenvalue weighted by Gasteiger charge is 2.39. The Morgan fingerprint density at radius 1 is 1.52 bits per heavy atom. The van der Waals surface area contributed by atoms with Gasteiger partial charge in [0.25, 0.3) is 0 Å². The summed E-state index contributed by atoms with van der Waals surface area (Å²) in [4.78, 5) is 13.1. The largest absolute Gasteiger partial charge is 0.465 e. The number of hydrogen-bond acceptors (Lipinski definition) is 2. The van der Waals surface area contributed by atoms with Crippen LogP contribution in [0.2, 0.25) is 0 Å². The average molecular weight is 292 g/mol.